The van der Waals surface area contributed by atoms with Crippen molar-refractivity contribution in [3.8, 4) is 5.75 Å². The number of benzene rings is 1. The van der Waals surface area contributed by atoms with Crippen LogP contribution in [0.5, 0.6) is 5.75 Å². The molecule has 0 amide bonds. The van der Waals surface area contributed by atoms with Crippen molar-refractivity contribution in [2.24, 2.45) is 0 Å². The molecule has 0 radical (unpaired) electrons. The number of nitrogens with zero attached hydrogens (tertiary/aromatic N) is 2. The Morgan fingerprint density at radius 1 is 1.25 bits per heavy atom. The predicted octanol–water partition coefficient (Wildman–Crippen LogP) is 1.93. The Bertz CT molecular complexity index is 421. The van der Waals surface area contributed by atoms with Crippen molar-refractivity contribution in [2.45, 2.75) is 12.8 Å². The molecular weight excluding hydrogens is 256 g/mol. The highest BCUT2D eigenvalue weighted by Gasteiger charge is 2.03. The van der Waals surface area contributed by atoms with Crippen molar-refractivity contribution in [3.05, 3.63) is 24.3 Å². The quantitative estimate of drug-likeness (QED) is 0.700. The van der Waals surface area contributed by atoms with Gasteiger partial charge in [-0.25, -0.2) is 0 Å². The van der Waals surface area contributed by atoms with E-state index in [1.807, 2.05) is 55.2 Å². The molecule has 5 heteroatoms. The summed E-state index contributed by atoms with van der Waals surface area (Å²) < 4.78 is 5.70. The van der Waals surface area contributed by atoms with Crippen molar-refractivity contribution < 1.29 is 14.6 Å². The van der Waals surface area contributed by atoms with Crippen LogP contribution >= 0.6 is 0 Å². The Morgan fingerprint density at radius 3 is 2.65 bits per heavy atom. The molecule has 1 rings (SSSR count). The van der Waals surface area contributed by atoms with Crippen LogP contribution in [0.2, 0.25) is 0 Å². The molecule has 0 saturated heterocycles. The van der Waals surface area contributed by atoms with Gasteiger partial charge in [-0.2, -0.15) is 0 Å². The maximum atomic E-state index is 10.5. The summed E-state index contributed by atoms with van der Waals surface area (Å²) in [6.07, 6.45) is 1.06. The number of carboxylic acid groups (broad SMARTS) is 1. The summed E-state index contributed by atoms with van der Waals surface area (Å²) in [7, 11) is 5.92. The molecular formula is C15H24N2O3. The average Bonchev–Trinajstić information content (AvgIpc) is 2.41. The van der Waals surface area contributed by atoms with Gasteiger partial charge >= 0.3 is 5.97 Å². The lowest BCUT2D eigenvalue weighted by molar-refractivity contribution is -0.137. The van der Waals surface area contributed by atoms with E-state index in [1.54, 1.807) is 0 Å². The molecule has 112 valence electrons. The number of hydrogen-bond acceptors (Lipinski definition) is 4. The molecule has 0 aliphatic carbocycles. The molecule has 0 unspecified atom stereocenters. The van der Waals surface area contributed by atoms with Crippen molar-refractivity contribution >= 4 is 11.7 Å². The van der Waals surface area contributed by atoms with Gasteiger partial charge in [0.2, 0.25) is 0 Å². The first-order chi connectivity index (χ1) is 9.49. The fourth-order valence-corrected chi connectivity index (χ4v) is 1.77. The second-order valence-corrected chi connectivity index (χ2v) is 5.04. The summed E-state index contributed by atoms with van der Waals surface area (Å²) in [4.78, 5) is 14.5. The Balaban J connectivity index is 2.24. The van der Waals surface area contributed by atoms with Crippen LogP contribution < -0.4 is 9.64 Å². The van der Waals surface area contributed by atoms with E-state index in [4.69, 9.17) is 9.84 Å². The van der Waals surface area contributed by atoms with Gasteiger partial charge in [0.15, 0.2) is 0 Å². The van der Waals surface area contributed by atoms with Gasteiger partial charge in [0, 0.05) is 38.9 Å². The van der Waals surface area contributed by atoms with Crippen LogP contribution in [0.4, 0.5) is 5.69 Å². The van der Waals surface area contributed by atoms with Crippen LogP contribution in [-0.4, -0.2) is 56.8 Å². The number of rotatable bonds is 9. The molecule has 0 fully saturated rings. The van der Waals surface area contributed by atoms with Gasteiger partial charge < -0.3 is 19.6 Å². The van der Waals surface area contributed by atoms with E-state index in [-0.39, 0.29) is 6.42 Å². The van der Waals surface area contributed by atoms with Gasteiger partial charge in [-0.15, -0.1) is 0 Å². The van der Waals surface area contributed by atoms with Crippen LogP contribution in [0.3, 0.4) is 0 Å². The smallest absolute Gasteiger partial charge is 0.304 e. The molecule has 1 aromatic carbocycles. The van der Waals surface area contributed by atoms with E-state index in [0.717, 1.165) is 24.4 Å². The fourth-order valence-electron chi connectivity index (χ4n) is 1.77. The maximum Gasteiger partial charge on any atom is 0.304 e. The van der Waals surface area contributed by atoms with Gasteiger partial charge in [-0.1, -0.05) is 6.07 Å². The molecule has 0 saturated carbocycles. The first-order valence-corrected chi connectivity index (χ1v) is 6.79. The molecule has 0 aliphatic rings. The largest absolute Gasteiger partial charge is 0.493 e. The Morgan fingerprint density at radius 2 is 2.00 bits per heavy atom. The predicted molar refractivity (Wildman–Crippen MR) is 80.6 cm³/mol. The second kappa shape index (κ2) is 8.43. The highest BCUT2D eigenvalue weighted by Crippen LogP contribution is 2.19. The zero-order chi connectivity index (χ0) is 15.0. The summed E-state index contributed by atoms with van der Waals surface area (Å²) in [5, 5.41) is 8.60. The second-order valence-electron chi connectivity index (χ2n) is 5.04. The normalized spacial score (nSPS) is 10.6. The van der Waals surface area contributed by atoms with Gasteiger partial charge in [0.1, 0.15) is 5.75 Å². The van der Waals surface area contributed by atoms with E-state index < -0.39 is 5.97 Å². The monoisotopic (exact) mass is 280 g/mol. The van der Waals surface area contributed by atoms with Gasteiger partial charge in [0.25, 0.3) is 0 Å². The molecule has 0 atom stereocenters. The lowest BCUT2D eigenvalue weighted by Gasteiger charge is -2.16. The number of carbonyl (C=O) groups is 1. The van der Waals surface area contributed by atoms with Gasteiger partial charge in [-0.3, -0.25) is 4.79 Å². The third kappa shape index (κ3) is 6.43. The first-order valence-electron chi connectivity index (χ1n) is 6.79. The molecule has 5 nitrogen and oxygen atoms in total. The lowest BCUT2D eigenvalue weighted by Crippen LogP contribution is -2.24. The fraction of sp³-hybridized carbons (Fsp3) is 0.533. The summed E-state index contributed by atoms with van der Waals surface area (Å²) in [6.45, 7) is 2.04. The van der Waals surface area contributed by atoms with Crippen LogP contribution in [-0.2, 0) is 4.79 Å². The van der Waals surface area contributed by atoms with Crippen molar-refractivity contribution in [2.75, 3.05) is 45.7 Å². The highest BCUT2D eigenvalue weighted by atomic mass is 16.5. The van der Waals surface area contributed by atoms with Crippen molar-refractivity contribution in [1.29, 1.82) is 0 Å². The maximum absolute atomic E-state index is 10.5. The molecule has 0 heterocycles. The van der Waals surface area contributed by atoms with Gasteiger partial charge in [-0.05, 0) is 25.6 Å². The molecule has 0 spiro atoms. The third-order valence-electron chi connectivity index (χ3n) is 2.99. The number of carboxylic acids is 1. The van der Waals surface area contributed by atoms with Crippen LogP contribution in [0.15, 0.2) is 24.3 Å². The molecule has 0 aliphatic heterocycles. The summed E-state index contributed by atoms with van der Waals surface area (Å²) in [6, 6.07) is 7.96. The molecule has 0 bridgehead atoms. The van der Waals surface area contributed by atoms with Gasteiger partial charge in [0.05, 0.1) is 13.0 Å². The highest BCUT2D eigenvalue weighted by molar-refractivity contribution is 5.66. The summed E-state index contributed by atoms with van der Waals surface area (Å²) in [5.74, 6) is 0.109. The average molecular weight is 280 g/mol. The number of hydrogen-bond donors (Lipinski definition) is 1. The summed E-state index contributed by atoms with van der Waals surface area (Å²) in [5.41, 5.74) is 1.11. The first kappa shape index (κ1) is 16.3. The molecule has 1 aromatic rings. The van der Waals surface area contributed by atoms with Crippen LogP contribution in [0.1, 0.15) is 12.8 Å². The molecule has 1 N–H and O–H groups in total. The standard InChI is InChI=1S/C15H24N2O3/c1-16(2)13-6-4-7-14(12-13)20-11-5-9-17(3)10-8-15(18)19/h4,6-7,12H,5,8-11H2,1-3H3,(H,18,19). The van der Waals surface area contributed by atoms with E-state index in [1.165, 1.54) is 0 Å². The minimum absolute atomic E-state index is 0.183. The Labute approximate surface area is 120 Å². The molecule has 20 heavy (non-hydrogen) atoms. The van der Waals surface area contributed by atoms with E-state index in [2.05, 4.69) is 0 Å². The van der Waals surface area contributed by atoms with Crippen LogP contribution in [0, 0.1) is 0 Å². The minimum Gasteiger partial charge on any atom is -0.493 e. The topological polar surface area (TPSA) is 53.0 Å². The Kier molecular flexibility index (Phi) is 6.87. The van der Waals surface area contributed by atoms with Crippen LogP contribution in [0.25, 0.3) is 0 Å². The van der Waals surface area contributed by atoms with E-state index in [0.29, 0.717) is 13.2 Å². The zero-order valence-electron chi connectivity index (χ0n) is 12.5. The minimum atomic E-state index is -0.756. The summed E-state index contributed by atoms with van der Waals surface area (Å²) >= 11 is 0. The zero-order valence-corrected chi connectivity index (χ0v) is 12.5. The molecule has 0 aromatic heterocycles. The third-order valence-corrected chi connectivity index (χ3v) is 2.99. The van der Waals surface area contributed by atoms with Crippen molar-refractivity contribution in [1.82, 2.24) is 4.90 Å². The van der Waals surface area contributed by atoms with E-state index >= 15 is 0 Å². The number of aliphatic carboxylic acids is 1. The number of ether oxygens (including phenoxy) is 1. The van der Waals surface area contributed by atoms with E-state index in [9.17, 15) is 4.79 Å². The van der Waals surface area contributed by atoms with Crippen molar-refractivity contribution in [3.63, 3.8) is 0 Å². The number of anilines is 1. The SMILES string of the molecule is CN(CCCOc1cccc(N(C)C)c1)CCC(=O)O. The Hall–Kier alpha value is -1.75. The lowest BCUT2D eigenvalue weighted by atomic mass is 10.3.